The number of benzene rings is 1. The third-order valence-corrected chi connectivity index (χ3v) is 2.69. The summed E-state index contributed by atoms with van der Waals surface area (Å²) in [4.78, 5) is 11.8. The molecule has 1 amide bonds. The Labute approximate surface area is 110 Å². The lowest BCUT2D eigenvalue weighted by atomic mass is 10.1. The van der Waals surface area contributed by atoms with Crippen molar-refractivity contribution < 1.29 is 4.79 Å². The van der Waals surface area contributed by atoms with E-state index in [0.717, 1.165) is 12.1 Å². The van der Waals surface area contributed by atoms with Crippen LogP contribution in [0.5, 0.6) is 0 Å². The highest BCUT2D eigenvalue weighted by atomic mass is 35.5. The number of amides is 1. The number of aromatic nitrogens is 2. The Morgan fingerprint density at radius 1 is 1.17 bits per heavy atom. The van der Waals surface area contributed by atoms with Gasteiger partial charge in [-0.3, -0.25) is 4.79 Å². The molecule has 1 aromatic heterocycles. The number of nitrogens with zero attached hydrogens (tertiary/aromatic N) is 2. The first-order valence-corrected chi connectivity index (χ1v) is 5.96. The fraction of sp³-hybridized carbons (Fsp3) is 0.154. The van der Waals surface area contributed by atoms with Crippen LogP contribution in [0.25, 0.3) is 0 Å². The van der Waals surface area contributed by atoms with Crippen molar-refractivity contribution in [3.63, 3.8) is 0 Å². The van der Waals surface area contributed by atoms with Crippen molar-refractivity contribution in [3.05, 3.63) is 52.8 Å². The van der Waals surface area contributed by atoms with Crippen LogP contribution >= 0.6 is 11.6 Å². The fourth-order valence-corrected chi connectivity index (χ4v) is 1.56. The molecule has 18 heavy (non-hydrogen) atoms. The average molecular weight is 262 g/mol. The molecule has 1 heterocycles. The highest BCUT2D eigenvalue weighted by molar-refractivity contribution is 6.29. The smallest absolute Gasteiger partial charge is 0.276 e. The monoisotopic (exact) mass is 261 g/mol. The van der Waals surface area contributed by atoms with E-state index in [2.05, 4.69) is 22.4 Å². The second kappa shape index (κ2) is 5.60. The highest BCUT2D eigenvalue weighted by Gasteiger charge is 2.08. The first-order chi connectivity index (χ1) is 8.69. The minimum absolute atomic E-state index is 0.235. The van der Waals surface area contributed by atoms with E-state index in [1.807, 2.05) is 24.3 Å². The van der Waals surface area contributed by atoms with Crippen LogP contribution in [-0.4, -0.2) is 16.1 Å². The lowest BCUT2D eigenvalue weighted by Gasteiger charge is -2.05. The molecule has 0 radical (unpaired) electrons. The molecular formula is C13H12ClN3O. The van der Waals surface area contributed by atoms with Crippen LogP contribution in [0.15, 0.2) is 36.4 Å². The molecule has 4 nitrogen and oxygen atoms in total. The van der Waals surface area contributed by atoms with Gasteiger partial charge < -0.3 is 5.32 Å². The van der Waals surface area contributed by atoms with E-state index < -0.39 is 0 Å². The summed E-state index contributed by atoms with van der Waals surface area (Å²) in [5.74, 6) is -0.302. The SMILES string of the molecule is CCc1ccc(NC(=O)c2ccc(Cl)nn2)cc1. The Kier molecular flexibility index (Phi) is 3.89. The molecule has 1 aromatic carbocycles. The van der Waals surface area contributed by atoms with Gasteiger partial charge in [-0.25, -0.2) is 0 Å². The van der Waals surface area contributed by atoms with Gasteiger partial charge in [-0.1, -0.05) is 30.7 Å². The number of carbonyl (C=O) groups is 1. The second-order valence-corrected chi connectivity index (χ2v) is 4.13. The van der Waals surface area contributed by atoms with Gasteiger partial charge in [-0.05, 0) is 36.2 Å². The highest BCUT2D eigenvalue weighted by Crippen LogP contribution is 2.11. The van der Waals surface area contributed by atoms with E-state index in [0.29, 0.717) is 0 Å². The van der Waals surface area contributed by atoms with Gasteiger partial charge in [-0.2, -0.15) is 0 Å². The van der Waals surface area contributed by atoms with Gasteiger partial charge in [-0.15, -0.1) is 10.2 Å². The van der Waals surface area contributed by atoms with Crippen LogP contribution in [-0.2, 0) is 6.42 Å². The normalized spacial score (nSPS) is 10.1. The molecule has 0 spiro atoms. The molecule has 2 aromatic rings. The Morgan fingerprint density at radius 3 is 2.44 bits per heavy atom. The minimum atomic E-state index is -0.302. The third kappa shape index (κ3) is 3.05. The summed E-state index contributed by atoms with van der Waals surface area (Å²) in [7, 11) is 0. The quantitative estimate of drug-likeness (QED) is 0.924. The van der Waals surface area contributed by atoms with E-state index in [1.165, 1.54) is 17.7 Å². The summed E-state index contributed by atoms with van der Waals surface area (Å²) in [5, 5.41) is 10.3. The molecule has 5 heteroatoms. The van der Waals surface area contributed by atoms with Crippen molar-refractivity contribution in [3.8, 4) is 0 Å². The third-order valence-electron chi connectivity index (χ3n) is 2.48. The number of carbonyl (C=O) groups excluding carboxylic acids is 1. The fourth-order valence-electron chi connectivity index (χ4n) is 1.46. The van der Waals surface area contributed by atoms with E-state index in [-0.39, 0.29) is 16.8 Å². The van der Waals surface area contributed by atoms with Gasteiger partial charge >= 0.3 is 0 Å². The molecule has 92 valence electrons. The molecule has 0 fully saturated rings. The van der Waals surface area contributed by atoms with Crippen LogP contribution in [0.2, 0.25) is 5.15 Å². The van der Waals surface area contributed by atoms with Crippen molar-refractivity contribution in [1.29, 1.82) is 0 Å². The molecule has 0 aliphatic carbocycles. The van der Waals surface area contributed by atoms with Gasteiger partial charge in [0.2, 0.25) is 0 Å². The summed E-state index contributed by atoms with van der Waals surface area (Å²) in [6.45, 7) is 2.08. The topological polar surface area (TPSA) is 54.9 Å². The zero-order chi connectivity index (χ0) is 13.0. The number of aryl methyl sites for hydroxylation is 1. The molecule has 2 rings (SSSR count). The zero-order valence-electron chi connectivity index (χ0n) is 9.85. The van der Waals surface area contributed by atoms with Gasteiger partial charge in [0.1, 0.15) is 0 Å². The number of anilines is 1. The Morgan fingerprint density at radius 2 is 1.89 bits per heavy atom. The van der Waals surface area contributed by atoms with Crippen LogP contribution in [0.1, 0.15) is 23.0 Å². The molecule has 0 unspecified atom stereocenters. The molecule has 0 atom stereocenters. The summed E-state index contributed by atoms with van der Waals surface area (Å²) in [5.41, 5.74) is 2.19. The van der Waals surface area contributed by atoms with Gasteiger partial charge in [0, 0.05) is 5.69 Å². The molecule has 0 bridgehead atoms. The standard InChI is InChI=1S/C13H12ClN3O/c1-2-9-3-5-10(6-4-9)15-13(18)11-7-8-12(14)17-16-11/h3-8H,2H2,1H3,(H,15,18). The van der Waals surface area contributed by atoms with Crippen molar-refractivity contribution in [1.82, 2.24) is 10.2 Å². The predicted octanol–water partition coefficient (Wildman–Crippen LogP) is 2.94. The van der Waals surface area contributed by atoms with E-state index >= 15 is 0 Å². The molecule has 1 N–H and O–H groups in total. The molecular weight excluding hydrogens is 250 g/mol. The van der Waals surface area contributed by atoms with Crippen molar-refractivity contribution >= 4 is 23.2 Å². The lowest BCUT2D eigenvalue weighted by Crippen LogP contribution is -2.14. The van der Waals surface area contributed by atoms with E-state index in [1.54, 1.807) is 0 Å². The second-order valence-electron chi connectivity index (χ2n) is 3.75. The first-order valence-electron chi connectivity index (χ1n) is 5.58. The number of rotatable bonds is 3. The Bertz CT molecular complexity index is 537. The van der Waals surface area contributed by atoms with Crippen LogP contribution in [0, 0.1) is 0 Å². The summed E-state index contributed by atoms with van der Waals surface area (Å²) in [6, 6.07) is 10.7. The average Bonchev–Trinajstić information content (AvgIpc) is 2.40. The zero-order valence-corrected chi connectivity index (χ0v) is 10.6. The lowest BCUT2D eigenvalue weighted by molar-refractivity contribution is 0.102. The molecule has 0 saturated carbocycles. The Hall–Kier alpha value is -1.94. The number of hydrogen-bond acceptors (Lipinski definition) is 3. The maximum Gasteiger partial charge on any atom is 0.276 e. The summed E-state index contributed by atoms with van der Waals surface area (Å²) < 4.78 is 0. The van der Waals surface area contributed by atoms with Crippen LogP contribution in [0.3, 0.4) is 0 Å². The number of halogens is 1. The molecule has 0 aliphatic heterocycles. The van der Waals surface area contributed by atoms with Crippen molar-refractivity contribution in [2.24, 2.45) is 0 Å². The van der Waals surface area contributed by atoms with Crippen molar-refractivity contribution in [2.45, 2.75) is 13.3 Å². The predicted molar refractivity (Wildman–Crippen MR) is 70.8 cm³/mol. The van der Waals surface area contributed by atoms with Crippen LogP contribution < -0.4 is 5.32 Å². The van der Waals surface area contributed by atoms with Crippen LogP contribution in [0.4, 0.5) is 5.69 Å². The number of hydrogen-bond donors (Lipinski definition) is 1. The maximum atomic E-state index is 11.8. The maximum absolute atomic E-state index is 11.8. The summed E-state index contributed by atoms with van der Waals surface area (Å²) in [6.07, 6.45) is 0.969. The van der Waals surface area contributed by atoms with Gasteiger partial charge in [0.05, 0.1) is 0 Å². The van der Waals surface area contributed by atoms with E-state index in [4.69, 9.17) is 11.6 Å². The van der Waals surface area contributed by atoms with Crippen molar-refractivity contribution in [2.75, 3.05) is 5.32 Å². The first kappa shape index (κ1) is 12.5. The van der Waals surface area contributed by atoms with E-state index in [9.17, 15) is 4.79 Å². The number of nitrogens with one attached hydrogen (secondary N) is 1. The minimum Gasteiger partial charge on any atom is -0.321 e. The molecule has 0 aliphatic rings. The molecule has 0 saturated heterocycles. The van der Waals surface area contributed by atoms with Gasteiger partial charge in [0.15, 0.2) is 10.8 Å². The largest absolute Gasteiger partial charge is 0.321 e. The summed E-state index contributed by atoms with van der Waals surface area (Å²) >= 11 is 5.60. The van der Waals surface area contributed by atoms with Gasteiger partial charge in [0.25, 0.3) is 5.91 Å². The Balaban J connectivity index is 2.08.